The molecule has 2 heterocycles. The van der Waals surface area contributed by atoms with E-state index in [1.54, 1.807) is 6.20 Å². The maximum atomic E-state index is 6.16. The van der Waals surface area contributed by atoms with Crippen molar-refractivity contribution in [3.63, 3.8) is 0 Å². The number of ether oxygens (including phenoxy) is 1. The molecular weight excluding hydrogens is 288 g/mol. The van der Waals surface area contributed by atoms with E-state index in [4.69, 9.17) is 16.3 Å². The molecule has 0 spiro atoms. The largest absolute Gasteiger partial charge is 0.478 e. The first kappa shape index (κ1) is 15.5. The maximum Gasteiger partial charge on any atom is 0.213 e. The molecule has 112 valence electrons. The summed E-state index contributed by atoms with van der Waals surface area (Å²) < 4.78 is 5.40. The zero-order valence-electron chi connectivity index (χ0n) is 12.5. The van der Waals surface area contributed by atoms with Gasteiger partial charge in [0.2, 0.25) is 5.88 Å². The van der Waals surface area contributed by atoms with E-state index >= 15 is 0 Å². The SMILES string of the molecule is CCOc1cc(CNc2nc(C)nc(Cl)c2CC)ccn1. The first-order valence-electron chi connectivity index (χ1n) is 6.98. The van der Waals surface area contributed by atoms with Crippen LogP contribution in [0.15, 0.2) is 18.3 Å². The van der Waals surface area contributed by atoms with Crippen molar-refractivity contribution in [2.45, 2.75) is 33.7 Å². The Labute approximate surface area is 129 Å². The van der Waals surface area contributed by atoms with E-state index in [0.717, 1.165) is 23.4 Å². The molecule has 0 aromatic carbocycles. The fourth-order valence-corrected chi connectivity index (χ4v) is 2.34. The Bertz CT molecular complexity index is 619. The fraction of sp³-hybridized carbons (Fsp3) is 0.400. The minimum atomic E-state index is 0.511. The molecule has 2 aromatic heterocycles. The number of hydrogen-bond donors (Lipinski definition) is 1. The molecule has 0 aliphatic rings. The van der Waals surface area contributed by atoms with E-state index in [1.807, 2.05) is 32.9 Å². The van der Waals surface area contributed by atoms with Crippen LogP contribution in [0.5, 0.6) is 5.88 Å². The molecule has 0 unspecified atom stereocenters. The van der Waals surface area contributed by atoms with Crippen molar-refractivity contribution in [1.82, 2.24) is 15.0 Å². The number of anilines is 1. The number of aryl methyl sites for hydroxylation is 1. The van der Waals surface area contributed by atoms with E-state index in [0.29, 0.717) is 30.0 Å². The summed E-state index contributed by atoms with van der Waals surface area (Å²) in [4.78, 5) is 12.8. The lowest BCUT2D eigenvalue weighted by Crippen LogP contribution is -2.07. The summed E-state index contributed by atoms with van der Waals surface area (Å²) in [6.07, 6.45) is 2.52. The quantitative estimate of drug-likeness (QED) is 0.829. The van der Waals surface area contributed by atoms with Crippen LogP contribution < -0.4 is 10.1 Å². The molecule has 0 amide bonds. The van der Waals surface area contributed by atoms with E-state index in [-0.39, 0.29) is 0 Å². The monoisotopic (exact) mass is 306 g/mol. The molecule has 21 heavy (non-hydrogen) atoms. The lowest BCUT2D eigenvalue weighted by molar-refractivity contribution is 0.326. The minimum Gasteiger partial charge on any atom is -0.478 e. The van der Waals surface area contributed by atoms with Gasteiger partial charge >= 0.3 is 0 Å². The number of hydrogen-bond acceptors (Lipinski definition) is 5. The second-order valence-electron chi connectivity index (χ2n) is 4.53. The molecule has 0 fully saturated rings. The number of halogens is 1. The Morgan fingerprint density at radius 3 is 2.81 bits per heavy atom. The molecule has 2 aromatic rings. The number of pyridine rings is 1. The fourth-order valence-electron chi connectivity index (χ4n) is 1.99. The van der Waals surface area contributed by atoms with Crippen LogP contribution in [-0.2, 0) is 13.0 Å². The Morgan fingerprint density at radius 1 is 1.29 bits per heavy atom. The molecule has 6 heteroatoms. The van der Waals surface area contributed by atoms with Crippen LogP contribution in [0.1, 0.15) is 30.8 Å². The normalized spacial score (nSPS) is 10.5. The maximum absolute atomic E-state index is 6.16. The van der Waals surface area contributed by atoms with E-state index in [1.165, 1.54) is 0 Å². The molecule has 0 aliphatic carbocycles. The van der Waals surface area contributed by atoms with Crippen molar-refractivity contribution in [2.24, 2.45) is 0 Å². The molecule has 2 rings (SSSR count). The molecule has 0 atom stereocenters. The van der Waals surface area contributed by atoms with E-state index in [2.05, 4.69) is 20.3 Å². The summed E-state index contributed by atoms with van der Waals surface area (Å²) in [6.45, 7) is 7.03. The van der Waals surface area contributed by atoms with Gasteiger partial charge in [0.25, 0.3) is 0 Å². The standard InChI is InChI=1S/C15H19ClN4O/c1-4-12-14(16)19-10(3)20-15(12)18-9-11-6-7-17-13(8-11)21-5-2/h6-8H,4-5,9H2,1-3H3,(H,18,19,20). The smallest absolute Gasteiger partial charge is 0.213 e. The summed E-state index contributed by atoms with van der Waals surface area (Å²) in [7, 11) is 0. The Kier molecular flexibility index (Phi) is 5.33. The van der Waals surface area contributed by atoms with Gasteiger partial charge in [-0.2, -0.15) is 0 Å². The van der Waals surface area contributed by atoms with Gasteiger partial charge < -0.3 is 10.1 Å². The third-order valence-electron chi connectivity index (χ3n) is 2.97. The first-order valence-corrected chi connectivity index (χ1v) is 7.36. The zero-order chi connectivity index (χ0) is 15.2. The molecule has 0 saturated heterocycles. The lowest BCUT2D eigenvalue weighted by atomic mass is 10.2. The molecule has 0 bridgehead atoms. The lowest BCUT2D eigenvalue weighted by Gasteiger charge is -2.12. The summed E-state index contributed by atoms with van der Waals surface area (Å²) in [5.74, 6) is 2.07. The van der Waals surface area contributed by atoms with Gasteiger partial charge in [-0.05, 0) is 31.9 Å². The van der Waals surface area contributed by atoms with Crippen LogP contribution in [0.4, 0.5) is 5.82 Å². The van der Waals surface area contributed by atoms with Crippen molar-refractivity contribution >= 4 is 17.4 Å². The van der Waals surface area contributed by atoms with Crippen molar-refractivity contribution in [3.8, 4) is 5.88 Å². The highest BCUT2D eigenvalue weighted by Gasteiger charge is 2.10. The number of nitrogens with one attached hydrogen (secondary N) is 1. The van der Waals surface area contributed by atoms with Gasteiger partial charge in [0, 0.05) is 24.4 Å². The van der Waals surface area contributed by atoms with Crippen molar-refractivity contribution in [1.29, 1.82) is 0 Å². The number of rotatable bonds is 6. The Morgan fingerprint density at radius 2 is 2.10 bits per heavy atom. The highest BCUT2D eigenvalue weighted by Crippen LogP contribution is 2.22. The highest BCUT2D eigenvalue weighted by molar-refractivity contribution is 6.30. The molecule has 5 nitrogen and oxygen atoms in total. The summed E-state index contributed by atoms with van der Waals surface area (Å²) >= 11 is 6.16. The first-order chi connectivity index (χ1) is 10.1. The van der Waals surface area contributed by atoms with Crippen molar-refractivity contribution in [2.75, 3.05) is 11.9 Å². The van der Waals surface area contributed by atoms with Gasteiger partial charge in [0.1, 0.15) is 16.8 Å². The molecule has 0 radical (unpaired) electrons. The van der Waals surface area contributed by atoms with Crippen LogP contribution in [0, 0.1) is 6.92 Å². The second kappa shape index (κ2) is 7.22. The van der Waals surface area contributed by atoms with Gasteiger partial charge in [0.05, 0.1) is 6.61 Å². The third-order valence-corrected chi connectivity index (χ3v) is 3.29. The number of aromatic nitrogens is 3. The topological polar surface area (TPSA) is 59.9 Å². The molecule has 0 saturated carbocycles. The van der Waals surface area contributed by atoms with Crippen molar-refractivity contribution < 1.29 is 4.74 Å². The zero-order valence-corrected chi connectivity index (χ0v) is 13.2. The van der Waals surface area contributed by atoms with Gasteiger partial charge in [-0.3, -0.25) is 0 Å². The van der Waals surface area contributed by atoms with Gasteiger partial charge in [-0.1, -0.05) is 18.5 Å². The van der Waals surface area contributed by atoms with E-state index < -0.39 is 0 Å². The van der Waals surface area contributed by atoms with Gasteiger partial charge in [-0.15, -0.1) is 0 Å². The van der Waals surface area contributed by atoms with Gasteiger partial charge in [0.15, 0.2) is 0 Å². The molecule has 0 aliphatic heterocycles. The summed E-state index contributed by atoms with van der Waals surface area (Å²) in [5.41, 5.74) is 2.00. The predicted octanol–water partition coefficient (Wildman–Crippen LogP) is 3.41. The summed E-state index contributed by atoms with van der Waals surface area (Å²) in [5, 5.41) is 3.82. The third kappa shape index (κ3) is 4.04. The predicted molar refractivity (Wildman–Crippen MR) is 83.9 cm³/mol. The van der Waals surface area contributed by atoms with Crippen LogP contribution in [0.2, 0.25) is 5.15 Å². The average Bonchev–Trinajstić information content (AvgIpc) is 2.45. The van der Waals surface area contributed by atoms with Gasteiger partial charge in [-0.25, -0.2) is 15.0 Å². The molecule has 1 N–H and O–H groups in total. The second-order valence-corrected chi connectivity index (χ2v) is 4.89. The Balaban J connectivity index is 2.14. The van der Waals surface area contributed by atoms with Crippen LogP contribution in [-0.4, -0.2) is 21.6 Å². The molecular formula is C15H19ClN4O. The van der Waals surface area contributed by atoms with Crippen molar-refractivity contribution in [3.05, 3.63) is 40.4 Å². The minimum absolute atomic E-state index is 0.511. The van der Waals surface area contributed by atoms with Crippen LogP contribution in [0.25, 0.3) is 0 Å². The van der Waals surface area contributed by atoms with Crippen LogP contribution in [0.3, 0.4) is 0 Å². The highest BCUT2D eigenvalue weighted by atomic mass is 35.5. The average molecular weight is 307 g/mol. The number of nitrogens with zero attached hydrogens (tertiary/aromatic N) is 3. The summed E-state index contributed by atoms with van der Waals surface area (Å²) in [6, 6.07) is 3.86. The van der Waals surface area contributed by atoms with Crippen LogP contribution >= 0.6 is 11.6 Å². The van der Waals surface area contributed by atoms with E-state index in [9.17, 15) is 0 Å². The Hall–Kier alpha value is -1.88.